The van der Waals surface area contributed by atoms with Gasteiger partial charge >= 0.3 is 5.97 Å². The smallest absolute Gasteiger partial charge is 0.339 e. The van der Waals surface area contributed by atoms with Gasteiger partial charge in [-0.1, -0.05) is 12.1 Å². The van der Waals surface area contributed by atoms with Crippen LogP contribution >= 0.6 is 11.8 Å². The lowest BCUT2D eigenvalue weighted by atomic mass is 10.1. The Kier molecular flexibility index (Phi) is 2.68. The maximum absolute atomic E-state index is 10.9. The van der Waals surface area contributed by atoms with Gasteiger partial charge in [0.15, 0.2) is 0 Å². The van der Waals surface area contributed by atoms with E-state index in [-0.39, 0.29) is 5.56 Å². The van der Waals surface area contributed by atoms with Gasteiger partial charge in [-0.2, -0.15) is 11.8 Å². The Balaban J connectivity index is 2.59. The Morgan fingerprint density at radius 3 is 3.00 bits per heavy atom. The predicted molar refractivity (Wildman–Crippen MR) is 60.4 cm³/mol. The number of benzene rings is 1. The lowest BCUT2D eigenvalue weighted by Gasteiger charge is -1.94. The van der Waals surface area contributed by atoms with Crippen molar-refractivity contribution in [3.63, 3.8) is 0 Å². The standard InChI is InChI=1S/C11H10O3S/c1-15-6-8-5-7-3-2-4-9(11(12)13)10(7)14-8/h2-5H,6H2,1H3,(H,12,13). The Morgan fingerprint density at radius 1 is 1.53 bits per heavy atom. The summed E-state index contributed by atoms with van der Waals surface area (Å²) in [6.45, 7) is 0. The molecule has 3 nitrogen and oxygen atoms in total. The number of carboxylic acids is 1. The summed E-state index contributed by atoms with van der Waals surface area (Å²) in [6, 6.07) is 7.02. The molecule has 0 saturated carbocycles. The van der Waals surface area contributed by atoms with Gasteiger partial charge in [0.05, 0.1) is 5.75 Å². The van der Waals surface area contributed by atoms with Gasteiger partial charge in [0.2, 0.25) is 0 Å². The van der Waals surface area contributed by atoms with Crippen LogP contribution in [0.15, 0.2) is 28.7 Å². The van der Waals surface area contributed by atoms with E-state index in [1.54, 1.807) is 23.9 Å². The highest BCUT2D eigenvalue weighted by Gasteiger charge is 2.12. The molecule has 1 heterocycles. The highest BCUT2D eigenvalue weighted by atomic mass is 32.2. The first-order valence-corrected chi connectivity index (χ1v) is 5.85. The average molecular weight is 222 g/mol. The molecule has 0 spiro atoms. The maximum Gasteiger partial charge on any atom is 0.339 e. The Labute approximate surface area is 91.1 Å². The lowest BCUT2D eigenvalue weighted by molar-refractivity contribution is 0.0698. The summed E-state index contributed by atoms with van der Waals surface area (Å²) in [7, 11) is 0. The molecule has 0 fully saturated rings. The minimum absolute atomic E-state index is 0.222. The van der Waals surface area contributed by atoms with Crippen LogP contribution in [0, 0.1) is 0 Å². The van der Waals surface area contributed by atoms with Crippen LogP contribution in [0.1, 0.15) is 16.1 Å². The summed E-state index contributed by atoms with van der Waals surface area (Å²) < 4.78 is 5.50. The number of aromatic carboxylic acids is 1. The second-order valence-electron chi connectivity index (χ2n) is 3.17. The van der Waals surface area contributed by atoms with Gasteiger partial charge in [0.25, 0.3) is 0 Å². The van der Waals surface area contributed by atoms with Crippen LogP contribution in [0.25, 0.3) is 11.0 Å². The van der Waals surface area contributed by atoms with E-state index in [4.69, 9.17) is 9.52 Å². The second-order valence-corrected chi connectivity index (χ2v) is 4.04. The van der Waals surface area contributed by atoms with Crippen molar-refractivity contribution in [2.75, 3.05) is 6.26 Å². The quantitative estimate of drug-likeness (QED) is 0.867. The van der Waals surface area contributed by atoms with Crippen molar-refractivity contribution in [2.24, 2.45) is 0 Å². The van der Waals surface area contributed by atoms with E-state index in [9.17, 15) is 4.79 Å². The normalized spacial score (nSPS) is 10.7. The van der Waals surface area contributed by atoms with Crippen LogP contribution in [-0.2, 0) is 5.75 Å². The highest BCUT2D eigenvalue weighted by molar-refractivity contribution is 7.97. The zero-order valence-electron chi connectivity index (χ0n) is 8.19. The molecule has 0 bridgehead atoms. The van der Waals surface area contributed by atoms with E-state index in [2.05, 4.69) is 0 Å². The Hall–Kier alpha value is -1.42. The lowest BCUT2D eigenvalue weighted by Crippen LogP contribution is -1.95. The molecule has 15 heavy (non-hydrogen) atoms. The Morgan fingerprint density at radius 2 is 2.33 bits per heavy atom. The van der Waals surface area contributed by atoms with Gasteiger partial charge in [-0.05, 0) is 18.4 Å². The molecule has 0 saturated heterocycles. The van der Waals surface area contributed by atoms with Crippen molar-refractivity contribution in [2.45, 2.75) is 5.75 Å². The molecule has 0 radical (unpaired) electrons. The number of carbonyl (C=O) groups is 1. The molecule has 1 N–H and O–H groups in total. The van der Waals surface area contributed by atoms with E-state index in [0.717, 1.165) is 16.9 Å². The first-order chi connectivity index (χ1) is 7.22. The van der Waals surface area contributed by atoms with Gasteiger partial charge in [-0.15, -0.1) is 0 Å². The minimum atomic E-state index is -0.953. The van der Waals surface area contributed by atoms with Gasteiger partial charge in [0, 0.05) is 5.39 Å². The number of fused-ring (bicyclic) bond motifs is 1. The zero-order valence-corrected chi connectivity index (χ0v) is 9.00. The van der Waals surface area contributed by atoms with Crippen LogP contribution in [0.4, 0.5) is 0 Å². The number of furan rings is 1. The molecule has 1 aromatic carbocycles. The van der Waals surface area contributed by atoms with Crippen LogP contribution < -0.4 is 0 Å². The van der Waals surface area contributed by atoms with Gasteiger partial charge in [-0.3, -0.25) is 0 Å². The fraction of sp³-hybridized carbons (Fsp3) is 0.182. The van der Waals surface area contributed by atoms with E-state index in [1.165, 1.54) is 0 Å². The minimum Gasteiger partial charge on any atom is -0.478 e. The molecule has 0 aliphatic carbocycles. The topological polar surface area (TPSA) is 50.4 Å². The summed E-state index contributed by atoms with van der Waals surface area (Å²) in [5, 5.41) is 9.80. The third-order valence-corrected chi connectivity index (χ3v) is 2.69. The molecule has 2 rings (SSSR count). The second kappa shape index (κ2) is 3.98. The van der Waals surface area contributed by atoms with Crippen LogP contribution in [-0.4, -0.2) is 17.3 Å². The summed E-state index contributed by atoms with van der Waals surface area (Å²) in [5.74, 6) is 0.616. The molecule has 2 aromatic rings. The Bertz CT molecular complexity index is 502. The van der Waals surface area contributed by atoms with E-state index in [1.807, 2.05) is 18.4 Å². The maximum atomic E-state index is 10.9. The van der Waals surface area contributed by atoms with Crippen molar-refractivity contribution >= 4 is 28.7 Å². The van der Waals surface area contributed by atoms with E-state index < -0.39 is 5.97 Å². The summed E-state index contributed by atoms with van der Waals surface area (Å²) in [6.07, 6.45) is 1.98. The molecule has 1 aromatic heterocycles. The third kappa shape index (κ3) is 1.85. The fourth-order valence-corrected chi connectivity index (χ4v) is 1.93. The highest BCUT2D eigenvalue weighted by Crippen LogP contribution is 2.25. The molecule has 0 amide bonds. The molecule has 4 heteroatoms. The number of hydrogen-bond donors (Lipinski definition) is 1. The molecule has 0 unspecified atom stereocenters. The summed E-state index contributed by atoms with van der Waals surface area (Å²) in [5.41, 5.74) is 0.689. The van der Waals surface area contributed by atoms with Crippen LogP contribution in [0.3, 0.4) is 0 Å². The summed E-state index contributed by atoms with van der Waals surface area (Å²) >= 11 is 1.64. The van der Waals surface area contributed by atoms with Crippen molar-refractivity contribution < 1.29 is 14.3 Å². The number of carboxylic acid groups (broad SMARTS) is 1. The third-order valence-electron chi connectivity index (χ3n) is 2.11. The molecular weight excluding hydrogens is 212 g/mol. The van der Waals surface area contributed by atoms with E-state index >= 15 is 0 Å². The SMILES string of the molecule is CSCc1cc2cccc(C(=O)O)c2o1. The van der Waals surface area contributed by atoms with Crippen molar-refractivity contribution in [1.29, 1.82) is 0 Å². The van der Waals surface area contributed by atoms with Gasteiger partial charge in [0.1, 0.15) is 16.9 Å². The van der Waals surface area contributed by atoms with E-state index in [0.29, 0.717) is 5.58 Å². The van der Waals surface area contributed by atoms with Crippen molar-refractivity contribution in [1.82, 2.24) is 0 Å². The summed E-state index contributed by atoms with van der Waals surface area (Å²) in [4.78, 5) is 10.9. The monoisotopic (exact) mass is 222 g/mol. The molecule has 0 aliphatic heterocycles. The van der Waals surface area contributed by atoms with Gasteiger partial charge in [-0.25, -0.2) is 4.79 Å². The van der Waals surface area contributed by atoms with Crippen LogP contribution in [0.5, 0.6) is 0 Å². The first kappa shape index (κ1) is 10.1. The van der Waals surface area contributed by atoms with Crippen LogP contribution in [0.2, 0.25) is 0 Å². The fourth-order valence-electron chi connectivity index (χ4n) is 1.50. The molecule has 78 valence electrons. The number of hydrogen-bond acceptors (Lipinski definition) is 3. The van der Waals surface area contributed by atoms with Gasteiger partial charge < -0.3 is 9.52 Å². The predicted octanol–water partition coefficient (Wildman–Crippen LogP) is 2.99. The van der Waals surface area contributed by atoms with Crippen molar-refractivity contribution in [3.8, 4) is 0 Å². The average Bonchev–Trinajstić information content (AvgIpc) is 2.59. The number of rotatable bonds is 3. The number of thioether (sulfide) groups is 1. The van der Waals surface area contributed by atoms with Crippen molar-refractivity contribution in [3.05, 3.63) is 35.6 Å². The largest absolute Gasteiger partial charge is 0.478 e. The molecular formula is C11H10O3S. The molecule has 0 aliphatic rings. The first-order valence-electron chi connectivity index (χ1n) is 4.46. The number of para-hydroxylation sites is 1. The zero-order chi connectivity index (χ0) is 10.8. The molecule has 0 atom stereocenters.